The van der Waals surface area contributed by atoms with Crippen molar-refractivity contribution in [3.63, 3.8) is 0 Å². The van der Waals surface area contributed by atoms with Crippen LogP contribution in [0.4, 0.5) is 0 Å². The van der Waals surface area contributed by atoms with E-state index in [0.29, 0.717) is 0 Å². The third kappa shape index (κ3) is 0.859. The van der Waals surface area contributed by atoms with Crippen LogP contribution in [0.5, 0.6) is 0 Å². The molecule has 2 aromatic carbocycles. The van der Waals surface area contributed by atoms with Crippen molar-refractivity contribution < 1.29 is 9.52 Å². The van der Waals surface area contributed by atoms with Crippen LogP contribution in [0.25, 0.3) is 21.9 Å². The highest BCUT2D eigenvalue weighted by atomic mass is 16.3. The van der Waals surface area contributed by atoms with Crippen molar-refractivity contribution in [1.29, 1.82) is 0 Å². The van der Waals surface area contributed by atoms with Crippen molar-refractivity contribution in [2.45, 2.75) is 13.0 Å². The first kappa shape index (κ1) is 8.36. The van der Waals surface area contributed by atoms with Crippen molar-refractivity contribution >= 4 is 21.9 Å². The van der Waals surface area contributed by atoms with Gasteiger partial charge < -0.3 is 9.52 Å². The number of rotatable bonds is 1. The SMILES string of the molecule is OCc1cccc2oc3cc4cc(c3c12)C4. The molecule has 1 heterocycles. The summed E-state index contributed by atoms with van der Waals surface area (Å²) in [5, 5.41) is 11.7. The lowest BCUT2D eigenvalue weighted by molar-refractivity contribution is 0.283. The zero-order valence-corrected chi connectivity index (χ0v) is 8.66. The lowest BCUT2D eigenvalue weighted by Gasteiger charge is -2.15. The van der Waals surface area contributed by atoms with Gasteiger partial charge in [0.25, 0.3) is 0 Å². The molecular formula is C14H10O2. The van der Waals surface area contributed by atoms with Gasteiger partial charge in [0.05, 0.1) is 6.61 Å². The Morgan fingerprint density at radius 2 is 2.00 bits per heavy atom. The van der Waals surface area contributed by atoms with E-state index >= 15 is 0 Å². The van der Waals surface area contributed by atoms with Crippen LogP contribution >= 0.6 is 0 Å². The number of aliphatic hydroxyl groups is 1. The molecule has 0 atom stereocenters. The summed E-state index contributed by atoms with van der Waals surface area (Å²) in [6, 6.07) is 10.1. The lowest BCUT2D eigenvalue weighted by Crippen LogP contribution is -2.00. The van der Waals surface area contributed by atoms with Crippen LogP contribution in [0.15, 0.2) is 34.7 Å². The Labute approximate surface area is 92.1 Å². The molecule has 0 radical (unpaired) electrons. The number of furan rings is 1. The van der Waals surface area contributed by atoms with E-state index in [1.807, 2.05) is 18.2 Å². The first-order valence-corrected chi connectivity index (χ1v) is 5.43. The third-order valence-electron chi connectivity index (χ3n) is 3.39. The quantitative estimate of drug-likeness (QED) is 0.524. The average Bonchev–Trinajstić information content (AvgIpc) is 2.65. The monoisotopic (exact) mass is 210 g/mol. The molecule has 0 saturated carbocycles. The second-order valence-electron chi connectivity index (χ2n) is 4.36. The summed E-state index contributed by atoms with van der Waals surface area (Å²) in [5.41, 5.74) is 5.46. The minimum atomic E-state index is 0.0627. The Morgan fingerprint density at radius 3 is 2.81 bits per heavy atom. The minimum absolute atomic E-state index is 0.0627. The summed E-state index contributed by atoms with van der Waals surface area (Å²) in [6.45, 7) is 0.0627. The van der Waals surface area contributed by atoms with E-state index in [0.717, 1.165) is 28.5 Å². The van der Waals surface area contributed by atoms with Gasteiger partial charge in [0, 0.05) is 10.8 Å². The fraction of sp³-hybridized carbons (Fsp3) is 0.143. The van der Waals surface area contributed by atoms with E-state index in [-0.39, 0.29) is 6.61 Å². The van der Waals surface area contributed by atoms with Crippen LogP contribution in [-0.2, 0) is 13.0 Å². The van der Waals surface area contributed by atoms with Gasteiger partial charge in [-0.2, -0.15) is 0 Å². The molecular weight excluding hydrogens is 200 g/mol. The van der Waals surface area contributed by atoms with Crippen LogP contribution in [0.2, 0.25) is 0 Å². The molecule has 0 fully saturated rings. The van der Waals surface area contributed by atoms with E-state index in [9.17, 15) is 5.11 Å². The van der Waals surface area contributed by atoms with Crippen molar-refractivity contribution in [2.24, 2.45) is 0 Å². The smallest absolute Gasteiger partial charge is 0.136 e. The van der Waals surface area contributed by atoms with E-state index in [1.165, 1.54) is 16.5 Å². The highest BCUT2D eigenvalue weighted by molar-refractivity contribution is 6.09. The minimum Gasteiger partial charge on any atom is -0.456 e. The number of benzene rings is 2. The highest BCUT2D eigenvalue weighted by Gasteiger charge is 2.20. The Morgan fingerprint density at radius 1 is 1.12 bits per heavy atom. The predicted octanol–water partition coefficient (Wildman–Crippen LogP) is 2.98. The van der Waals surface area contributed by atoms with E-state index in [4.69, 9.17) is 4.42 Å². The van der Waals surface area contributed by atoms with E-state index in [1.54, 1.807) is 0 Å². The maximum atomic E-state index is 9.38. The fourth-order valence-electron chi connectivity index (χ4n) is 2.63. The summed E-state index contributed by atoms with van der Waals surface area (Å²) < 4.78 is 5.81. The normalized spacial score (nSPS) is 13.3. The standard InChI is InChI=1S/C14H10O2/c15-7-9-2-1-3-11-13(9)14-10-4-8(5-10)6-12(14)16-11/h1-4,6,15H,5,7H2. The van der Waals surface area contributed by atoms with Gasteiger partial charge >= 0.3 is 0 Å². The molecule has 2 heteroatoms. The van der Waals surface area contributed by atoms with Gasteiger partial charge in [-0.05, 0) is 35.2 Å². The van der Waals surface area contributed by atoms with Gasteiger partial charge in [0.15, 0.2) is 0 Å². The zero-order chi connectivity index (χ0) is 10.7. The molecule has 1 N–H and O–H groups in total. The molecule has 0 unspecified atom stereocenters. The van der Waals surface area contributed by atoms with Crippen molar-refractivity contribution in [1.82, 2.24) is 0 Å². The second-order valence-corrected chi connectivity index (χ2v) is 4.36. The molecule has 1 aromatic heterocycles. The second kappa shape index (κ2) is 2.66. The summed E-state index contributed by atoms with van der Waals surface area (Å²) in [7, 11) is 0. The van der Waals surface area contributed by atoms with Crippen LogP contribution in [0, 0.1) is 0 Å². The molecule has 2 bridgehead atoms. The van der Waals surface area contributed by atoms with Gasteiger partial charge in [-0.1, -0.05) is 18.2 Å². The molecule has 16 heavy (non-hydrogen) atoms. The molecule has 5 rings (SSSR count). The highest BCUT2D eigenvalue weighted by Crippen LogP contribution is 2.39. The van der Waals surface area contributed by atoms with Gasteiger partial charge in [-0.15, -0.1) is 0 Å². The predicted molar refractivity (Wildman–Crippen MR) is 62.4 cm³/mol. The van der Waals surface area contributed by atoms with Crippen LogP contribution in [0.3, 0.4) is 0 Å². The summed E-state index contributed by atoms with van der Waals surface area (Å²) in [5.74, 6) is 0. The van der Waals surface area contributed by atoms with Gasteiger partial charge in [0.1, 0.15) is 11.2 Å². The molecule has 2 aliphatic carbocycles. The number of hydrogen-bond donors (Lipinski definition) is 1. The molecule has 2 nitrogen and oxygen atoms in total. The van der Waals surface area contributed by atoms with E-state index in [2.05, 4.69) is 12.1 Å². The average molecular weight is 210 g/mol. The maximum absolute atomic E-state index is 9.38. The molecule has 3 aromatic rings. The van der Waals surface area contributed by atoms with Gasteiger partial charge in [-0.25, -0.2) is 0 Å². The van der Waals surface area contributed by atoms with E-state index < -0.39 is 0 Å². The Hall–Kier alpha value is -1.80. The van der Waals surface area contributed by atoms with Gasteiger partial charge in [0.2, 0.25) is 0 Å². The summed E-state index contributed by atoms with van der Waals surface area (Å²) in [6.07, 6.45) is 1.04. The number of hydrogen-bond acceptors (Lipinski definition) is 2. The Balaban J connectivity index is 2.30. The molecule has 0 saturated heterocycles. The molecule has 0 spiro atoms. The molecule has 0 amide bonds. The zero-order valence-electron chi connectivity index (χ0n) is 8.66. The fourth-order valence-corrected chi connectivity index (χ4v) is 2.63. The van der Waals surface area contributed by atoms with Crippen molar-refractivity contribution in [3.05, 3.63) is 47.0 Å². The topological polar surface area (TPSA) is 33.4 Å². The molecule has 0 aliphatic heterocycles. The van der Waals surface area contributed by atoms with Crippen LogP contribution in [0.1, 0.15) is 16.7 Å². The van der Waals surface area contributed by atoms with Gasteiger partial charge in [-0.3, -0.25) is 0 Å². The molecule has 2 aliphatic rings. The molecule has 78 valence electrons. The van der Waals surface area contributed by atoms with Crippen LogP contribution < -0.4 is 0 Å². The first-order chi connectivity index (χ1) is 7.86. The van der Waals surface area contributed by atoms with Crippen molar-refractivity contribution in [3.8, 4) is 0 Å². The lowest BCUT2D eigenvalue weighted by atomic mass is 9.88. The van der Waals surface area contributed by atoms with Crippen molar-refractivity contribution in [2.75, 3.05) is 0 Å². The third-order valence-corrected chi connectivity index (χ3v) is 3.39. The largest absolute Gasteiger partial charge is 0.456 e. The maximum Gasteiger partial charge on any atom is 0.136 e. The first-order valence-electron chi connectivity index (χ1n) is 5.43. The number of fused-ring (bicyclic) bond motifs is 1. The number of aliphatic hydroxyl groups excluding tert-OH is 1. The summed E-state index contributed by atoms with van der Waals surface area (Å²) in [4.78, 5) is 0. The Bertz CT molecular complexity index is 722. The summed E-state index contributed by atoms with van der Waals surface area (Å²) >= 11 is 0. The Kier molecular flexibility index (Phi) is 1.39. The van der Waals surface area contributed by atoms with Crippen LogP contribution in [-0.4, -0.2) is 5.11 Å².